The topological polar surface area (TPSA) is 112 Å². The predicted octanol–water partition coefficient (Wildman–Crippen LogP) is 3.11. The number of hydrogen-bond donors (Lipinski definition) is 2. The highest BCUT2D eigenvalue weighted by molar-refractivity contribution is 7.89. The molecular formula is C23H27Cl2N5O4S3. The van der Waals surface area contributed by atoms with Gasteiger partial charge in [0.1, 0.15) is 6.04 Å². The van der Waals surface area contributed by atoms with E-state index in [0.717, 1.165) is 27.6 Å². The molecule has 0 unspecified atom stereocenters. The average Bonchev–Trinajstić information content (AvgIpc) is 3.50. The summed E-state index contributed by atoms with van der Waals surface area (Å²) in [5.74, 6) is -0.809. The molecule has 14 heteroatoms. The molecule has 1 aliphatic heterocycles. The highest BCUT2D eigenvalue weighted by Crippen LogP contribution is 2.23. The fraction of sp³-hybridized carbons (Fsp3) is 0.348. The Balaban J connectivity index is 0.00000380. The first-order valence-corrected chi connectivity index (χ1v) is 14.7. The largest absolute Gasteiger partial charge is 0.349 e. The molecule has 3 heterocycles. The van der Waals surface area contributed by atoms with E-state index in [4.69, 9.17) is 11.6 Å². The minimum absolute atomic E-state index is 0. The average molecular weight is 605 g/mol. The Morgan fingerprint density at radius 3 is 2.35 bits per heavy atom. The van der Waals surface area contributed by atoms with Gasteiger partial charge >= 0.3 is 0 Å². The van der Waals surface area contributed by atoms with Gasteiger partial charge in [0, 0.05) is 43.7 Å². The normalized spacial score (nSPS) is 15.2. The van der Waals surface area contributed by atoms with Crippen molar-refractivity contribution in [3.8, 4) is 11.3 Å². The van der Waals surface area contributed by atoms with Gasteiger partial charge in [-0.25, -0.2) is 13.4 Å². The Kier molecular flexibility index (Phi) is 10.1. The van der Waals surface area contributed by atoms with E-state index in [2.05, 4.69) is 19.9 Å². The number of likely N-dealkylation sites (N-methyl/N-ethyl adjacent to an activating group) is 1. The number of thiazole rings is 1. The zero-order chi connectivity index (χ0) is 25.9. The lowest BCUT2D eigenvalue weighted by Crippen LogP contribution is -2.57. The van der Waals surface area contributed by atoms with Crippen LogP contribution in [0, 0.1) is 6.92 Å². The number of hydrogen-bond acceptors (Lipinski definition) is 8. The van der Waals surface area contributed by atoms with Crippen LogP contribution in [-0.4, -0.2) is 80.8 Å². The van der Waals surface area contributed by atoms with Crippen LogP contribution >= 0.6 is 46.7 Å². The number of sulfonamides is 1. The van der Waals surface area contributed by atoms with Crippen LogP contribution in [0.15, 0.2) is 46.7 Å². The number of rotatable bonds is 8. The number of benzene rings is 1. The smallest absolute Gasteiger partial charge is 0.261 e. The number of aryl methyl sites for hydroxylation is 1. The number of nitrogens with zero attached hydrogens (tertiary/aromatic N) is 3. The molecule has 1 saturated heterocycles. The van der Waals surface area contributed by atoms with Gasteiger partial charge in [0.25, 0.3) is 5.91 Å². The summed E-state index contributed by atoms with van der Waals surface area (Å²) >= 11 is 8.53. The van der Waals surface area contributed by atoms with Crippen LogP contribution in [0.1, 0.15) is 14.7 Å². The SMILES string of the molecule is Cc1nc(-c2ccc(S(=O)(=O)N[C@@H](CNC(=O)c3ccc(Cl)s3)C(=O)N3CCN(C)CC3)cc2)cs1.Cl. The van der Waals surface area contributed by atoms with Crippen LogP contribution in [0.3, 0.4) is 0 Å². The molecule has 0 aliphatic carbocycles. The lowest BCUT2D eigenvalue weighted by atomic mass is 10.2. The molecule has 37 heavy (non-hydrogen) atoms. The fourth-order valence-corrected chi connectivity index (χ4v) is 6.47. The molecule has 1 aromatic carbocycles. The number of piperazine rings is 1. The Labute approximate surface area is 235 Å². The van der Waals surface area contributed by atoms with Crippen LogP contribution in [0.25, 0.3) is 11.3 Å². The van der Waals surface area contributed by atoms with E-state index in [1.165, 1.54) is 23.5 Å². The van der Waals surface area contributed by atoms with Crippen LogP contribution in [0.4, 0.5) is 0 Å². The third-order valence-corrected chi connectivity index (χ3v) is 9.24. The van der Waals surface area contributed by atoms with Crippen LogP contribution < -0.4 is 10.0 Å². The van der Waals surface area contributed by atoms with Crippen LogP contribution in [-0.2, 0) is 14.8 Å². The Morgan fingerprint density at radius 1 is 1.11 bits per heavy atom. The predicted molar refractivity (Wildman–Crippen MR) is 149 cm³/mol. The van der Waals surface area contributed by atoms with Gasteiger partial charge < -0.3 is 15.1 Å². The fourth-order valence-electron chi connectivity index (χ4n) is 3.70. The lowest BCUT2D eigenvalue weighted by molar-refractivity contribution is -0.134. The molecule has 0 spiro atoms. The number of nitrogens with one attached hydrogen (secondary N) is 2. The number of thiophene rings is 1. The zero-order valence-corrected chi connectivity index (χ0v) is 24.2. The van der Waals surface area contributed by atoms with Crippen molar-refractivity contribution in [3.63, 3.8) is 0 Å². The molecule has 0 saturated carbocycles. The maximum atomic E-state index is 13.3. The van der Waals surface area contributed by atoms with Crippen molar-refractivity contribution in [1.29, 1.82) is 0 Å². The number of aromatic nitrogens is 1. The van der Waals surface area contributed by atoms with Gasteiger partial charge in [-0.3, -0.25) is 9.59 Å². The summed E-state index contributed by atoms with van der Waals surface area (Å²) in [4.78, 5) is 34.4. The zero-order valence-electron chi connectivity index (χ0n) is 20.1. The van der Waals surface area contributed by atoms with Crippen molar-refractivity contribution < 1.29 is 18.0 Å². The summed E-state index contributed by atoms with van der Waals surface area (Å²) in [6.45, 7) is 4.02. The molecule has 1 fully saturated rings. The molecular weight excluding hydrogens is 577 g/mol. The molecule has 3 aromatic rings. The maximum absolute atomic E-state index is 13.3. The standard InChI is InChI=1S/C23H26ClN5O4S3.ClH/c1-15-26-19(14-34-15)16-3-5-17(6-4-16)36(32,33)27-18(23(31)29-11-9-28(2)10-12-29)13-25-22(30)20-7-8-21(24)35-20;/h3-8,14,18,27H,9-13H2,1-2H3,(H,25,30);1H/t18-;/m0./s1. The third kappa shape index (κ3) is 7.50. The second-order valence-electron chi connectivity index (χ2n) is 8.39. The van der Waals surface area contributed by atoms with Gasteiger partial charge in [0.05, 0.1) is 24.8 Å². The summed E-state index contributed by atoms with van der Waals surface area (Å²) in [5.41, 5.74) is 1.57. The molecule has 1 atom stereocenters. The van der Waals surface area contributed by atoms with Crippen LogP contribution in [0.2, 0.25) is 4.34 Å². The van der Waals surface area contributed by atoms with Crippen molar-refractivity contribution in [2.24, 2.45) is 0 Å². The monoisotopic (exact) mass is 603 g/mol. The van der Waals surface area contributed by atoms with Crippen molar-refractivity contribution in [2.45, 2.75) is 17.9 Å². The van der Waals surface area contributed by atoms with Gasteiger partial charge in [-0.05, 0) is 38.2 Å². The summed E-state index contributed by atoms with van der Waals surface area (Å²) in [6, 6.07) is 8.35. The van der Waals surface area contributed by atoms with Gasteiger partial charge in [0.2, 0.25) is 15.9 Å². The van der Waals surface area contributed by atoms with E-state index in [9.17, 15) is 18.0 Å². The quantitative estimate of drug-likeness (QED) is 0.409. The van der Waals surface area contributed by atoms with E-state index in [0.29, 0.717) is 35.4 Å². The summed E-state index contributed by atoms with van der Waals surface area (Å²) in [7, 11) is -2.09. The molecule has 2 amide bonds. The Morgan fingerprint density at radius 2 is 1.78 bits per heavy atom. The second-order valence-corrected chi connectivity index (χ2v) is 12.9. The first-order valence-electron chi connectivity index (χ1n) is 11.2. The second kappa shape index (κ2) is 12.7. The lowest BCUT2D eigenvalue weighted by Gasteiger charge is -2.34. The van der Waals surface area contributed by atoms with Crippen molar-refractivity contribution in [2.75, 3.05) is 39.8 Å². The van der Waals surface area contributed by atoms with Gasteiger partial charge in [-0.15, -0.1) is 35.1 Å². The number of carbonyl (C=O) groups is 2. The molecule has 2 aromatic heterocycles. The summed E-state index contributed by atoms with van der Waals surface area (Å²) in [5, 5.41) is 5.49. The minimum atomic E-state index is -4.05. The maximum Gasteiger partial charge on any atom is 0.261 e. The molecule has 200 valence electrons. The summed E-state index contributed by atoms with van der Waals surface area (Å²) < 4.78 is 29.4. The highest BCUT2D eigenvalue weighted by Gasteiger charge is 2.31. The Bertz CT molecular complexity index is 1340. The van der Waals surface area contributed by atoms with E-state index < -0.39 is 22.0 Å². The van der Waals surface area contributed by atoms with E-state index in [1.807, 2.05) is 19.4 Å². The van der Waals surface area contributed by atoms with Gasteiger partial charge in [0.15, 0.2) is 0 Å². The van der Waals surface area contributed by atoms with Crippen molar-refractivity contribution >= 4 is 68.5 Å². The van der Waals surface area contributed by atoms with Crippen LogP contribution in [0.5, 0.6) is 0 Å². The first-order chi connectivity index (χ1) is 17.1. The van der Waals surface area contributed by atoms with Crippen molar-refractivity contribution in [1.82, 2.24) is 24.8 Å². The molecule has 4 rings (SSSR count). The first kappa shape index (κ1) is 29.5. The molecule has 1 aliphatic rings. The van der Waals surface area contributed by atoms with E-state index in [1.54, 1.807) is 29.2 Å². The number of amides is 2. The van der Waals surface area contributed by atoms with E-state index >= 15 is 0 Å². The highest BCUT2D eigenvalue weighted by atomic mass is 35.5. The molecule has 2 N–H and O–H groups in total. The number of carbonyl (C=O) groups excluding carboxylic acids is 2. The Hall–Kier alpha value is -2.06. The van der Waals surface area contributed by atoms with Crippen molar-refractivity contribution in [3.05, 3.63) is 56.0 Å². The minimum Gasteiger partial charge on any atom is -0.349 e. The molecule has 9 nitrogen and oxygen atoms in total. The van der Waals surface area contributed by atoms with E-state index in [-0.39, 0.29) is 29.8 Å². The molecule has 0 radical (unpaired) electrons. The number of halogens is 2. The van der Waals surface area contributed by atoms with Gasteiger partial charge in [-0.2, -0.15) is 4.72 Å². The third-order valence-electron chi connectivity index (χ3n) is 5.75. The molecule has 0 bridgehead atoms. The van der Waals surface area contributed by atoms with Gasteiger partial charge in [-0.1, -0.05) is 23.7 Å². The summed E-state index contributed by atoms with van der Waals surface area (Å²) in [6.07, 6.45) is 0.